The SMILES string of the molecule is COc1ccc(CNc2cccc(C(=O)NCC(C)C)c2)cc1. The van der Waals surface area contributed by atoms with E-state index in [0.29, 0.717) is 24.6 Å². The molecule has 0 atom stereocenters. The predicted octanol–water partition coefficient (Wildman–Crippen LogP) is 3.69. The molecule has 0 heterocycles. The first-order valence-electron chi connectivity index (χ1n) is 7.83. The fraction of sp³-hybridized carbons (Fsp3) is 0.316. The summed E-state index contributed by atoms with van der Waals surface area (Å²) in [5.74, 6) is 1.25. The van der Waals surface area contributed by atoms with Gasteiger partial charge < -0.3 is 15.4 Å². The first-order chi connectivity index (χ1) is 11.1. The molecule has 23 heavy (non-hydrogen) atoms. The molecule has 0 aliphatic rings. The molecule has 0 saturated carbocycles. The van der Waals surface area contributed by atoms with E-state index in [1.54, 1.807) is 7.11 Å². The molecule has 2 aromatic rings. The van der Waals surface area contributed by atoms with Gasteiger partial charge in [0.25, 0.3) is 5.91 Å². The summed E-state index contributed by atoms with van der Waals surface area (Å²) in [4.78, 5) is 12.1. The average Bonchev–Trinajstić information content (AvgIpc) is 2.58. The third kappa shape index (κ3) is 5.33. The number of hydrogen-bond acceptors (Lipinski definition) is 3. The highest BCUT2D eigenvalue weighted by atomic mass is 16.5. The molecule has 0 radical (unpaired) electrons. The van der Waals surface area contributed by atoms with Crippen LogP contribution in [0.15, 0.2) is 48.5 Å². The maximum Gasteiger partial charge on any atom is 0.251 e. The second kappa shape index (κ2) is 8.22. The van der Waals surface area contributed by atoms with Crippen molar-refractivity contribution in [3.8, 4) is 5.75 Å². The number of ether oxygens (including phenoxy) is 1. The third-order valence-electron chi connectivity index (χ3n) is 3.45. The lowest BCUT2D eigenvalue weighted by Crippen LogP contribution is -2.27. The lowest BCUT2D eigenvalue weighted by atomic mass is 10.1. The van der Waals surface area contributed by atoms with Crippen molar-refractivity contribution in [2.24, 2.45) is 5.92 Å². The number of anilines is 1. The van der Waals surface area contributed by atoms with Gasteiger partial charge in [0.15, 0.2) is 0 Å². The van der Waals surface area contributed by atoms with Crippen molar-refractivity contribution < 1.29 is 9.53 Å². The molecule has 4 nitrogen and oxygen atoms in total. The number of amides is 1. The Balaban J connectivity index is 1.95. The summed E-state index contributed by atoms with van der Waals surface area (Å²) < 4.78 is 5.15. The van der Waals surface area contributed by atoms with Gasteiger partial charge >= 0.3 is 0 Å². The molecule has 2 rings (SSSR count). The molecule has 0 fully saturated rings. The standard InChI is InChI=1S/C19H24N2O2/c1-14(2)12-21-19(22)16-5-4-6-17(11-16)20-13-15-7-9-18(23-3)10-8-15/h4-11,14,20H,12-13H2,1-3H3,(H,21,22). The monoisotopic (exact) mass is 312 g/mol. The summed E-state index contributed by atoms with van der Waals surface area (Å²) in [6.45, 7) is 5.53. The van der Waals surface area contributed by atoms with Crippen molar-refractivity contribution in [3.05, 3.63) is 59.7 Å². The Morgan fingerprint density at radius 1 is 1.13 bits per heavy atom. The molecule has 0 unspecified atom stereocenters. The number of carbonyl (C=O) groups is 1. The zero-order chi connectivity index (χ0) is 16.7. The topological polar surface area (TPSA) is 50.4 Å². The van der Waals surface area contributed by atoms with Gasteiger partial charge in [-0.25, -0.2) is 0 Å². The van der Waals surface area contributed by atoms with E-state index >= 15 is 0 Å². The number of benzene rings is 2. The second-order valence-electron chi connectivity index (χ2n) is 5.89. The van der Waals surface area contributed by atoms with Gasteiger partial charge in [-0.1, -0.05) is 32.0 Å². The van der Waals surface area contributed by atoms with Crippen molar-refractivity contribution in [2.45, 2.75) is 20.4 Å². The van der Waals surface area contributed by atoms with Gasteiger partial charge in [0.05, 0.1) is 7.11 Å². The Morgan fingerprint density at radius 2 is 1.87 bits per heavy atom. The minimum atomic E-state index is -0.0354. The fourth-order valence-electron chi connectivity index (χ4n) is 2.12. The highest BCUT2D eigenvalue weighted by Crippen LogP contribution is 2.15. The van der Waals surface area contributed by atoms with Crippen LogP contribution in [0, 0.1) is 5.92 Å². The van der Waals surface area contributed by atoms with Crippen LogP contribution in [0.3, 0.4) is 0 Å². The van der Waals surface area contributed by atoms with Crippen LogP contribution in [0.1, 0.15) is 29.8 Å². The van der Waals surface area contributed by atoms with E-state index in [9.17, 15) is 4.79 Å². The van der Waals surface area contributed by atoms with Crippen LogP contribution in [0.2, 0.25) is 0 Å². The largest absolute Gasteiger partial charge is 0.497 e. The van der Waals surface area contributed by atoms with E-state index in [0.717, 1.165) is 17.0 Å². The minimum Gasteiger partial charge on any atom is -0.497 e. The molecular weight excluding hydrogens is 288 g/mol. The van der Waals surface area contributed by atoms with Crippen LogP contribution in [0.25, 0.3) is 0 Å². The molecule has 2 N–H and O–H groups in total. The highest BCUT2D eigenvalue weighted by molar-refractivity contribution is 5.95. The fourth-order valence-corrected chi connectivity index (χ4v) is 2.12. The van der Waals surface area contributed by atoms with Gasteiger partial charge in [0.1, 0.15) is 5.75 Å². The van der Waals surface area contributed by atoms with Crippen molar-refractivity contribution >= 4 is 11.6 Å². The number of rotatable bonds is 7. The van der Waals surface area contributed by atoms with E-state index in [4.69, 9.17) is 4.74 Å². The van der Waals surface area contributed by atoms with Gasteiger partial charge in [-0.3, -0.25) is 4.79 Å². The quantitative estimate of drug-likeness (QED) is 0.820. The lowest BCUT2D eigenvalue weighted by molar-refractivity contribution is 0.0949. The normalized spacial score (nSPS) is 10.4. The van der Waals surface area contributed by atoms with Gasteiger partial charge in [-0.2, -0.15) is 0 Å². The Kier molecular flexibility index (Phi) is 6.03. The van der Waals surface area contributed by atoms with Gasteiger partial charge in [0, 0.05) is 24.3 Å². The van der Waals surface area contributed by atoms with E-state index in [1.165, 1.54) is 0 Å². The molecule has 0 aliphatic heterocycles. The van der Waals surface area contributed by atoms with Gasteiger partial charge in [-0.05, 0) is 41.8 Å². The van der Waals surface area contributed by atoms with Crippen molar-refractivity contribution in [1.29, 1.82) is 0 Å². The summed E-state index contributed by atoms with van der Waals surface area (Å²) >= 11 is 0. The molecule has 2 aromatic carbocycles. The first-order valence-corrected chi connectivity index (χ1v) is 7.83. The van der Waals surface area contributed by atoms with E-state index < -0.39 is 0 Å². The molecular formula is C19H24N2O2. The Hall–Kier alpha value is -2.49. The van der Waals surface area contributed by atoms with Crippen LogP contribution >= 0.6 is 0 Å². The average molecular weight is 312 g/mol. The Bertz CT molecular complexity index is 636. The number of methoxy groups -OCH3 is 1. The molecule has 122 valence electrons. The predicted molar refractivity (Wildman–Crippen MR) is 93.9 cm³/mol. The minimum absolute atomic E-state index is 0.0354. The molecule has 0 aromatic heterocycles. The number of carbonyl (C=O) groups excluding carboxylic acids is 1. The van der Waals surface area contributed by atoms with Crippen LogP contribution < -0.4 is 15.4 Å². The van der Waals surface area contributed by atoms with Crippen molar-refractivity contribution in [1.82, 2.24) is 5.32 Å². The highest BCUT2D eigenvalue weighted by Gasteiger charge is 2.06. The van der Waals surface area contributed by atoms with Crippen molar-refractivity contribution in [3.63, 3.8) is 0 Å². The summed E-state index contributed by atoms with van der Waals surface area (Å²) in [6.07, 6.45) is 0. The summed E-state index contributed by atoms with van der Waals surface area (Å²) in [5.41, 5.74) is 2.75. The first kappa shape index (κ1) is 16.9. The molecule has 0 bridgehead atoms. The Labute approximate surface area is 137 Å². The smallest absolute Gasteiger partial charge is 0.251 e. The molecule has 0 spiro atoms. The van der Waals surface area contributed by atoms with Crippen LogP contribution in [0.4, 0.5) is 5.69 Å². The Morgan fingerprint density at radius 3 is 2.52 bits per heavy atom. The third-order valence-corrected chi connectivity index (χ3v) is 3.45. The molecule has 0 saturated heterocycles. The van der Waals surface area contributed by atoms with Crippen LogP contribution in [-0.2, 0) is 6.54 Å². The molecule has 0 aliphatic carbocycles. The van der Waals surface area contributed by atoms with Gasteiger partial charge in [-0.15, -0.1) is 0 Å². The summed E-state index contributed by atoms with van der Waals surface area (Å²) in [7, 11) is 1.66. The zero-order valence-corrected chi connectivity index (χ0v) is 13.9. The van der Waals surface area contributed by atoms with E-state index in [-0.39, 0.29) is 5.91 Å². The summed E-state index contributed by atoms with van der Waals surface area (Å²) in [6, 6.07) is 15.5. The lowest BCUT2D eigenvalue weighted by Gasteiger charge is -2.10. The molecule has 4 heteroatoms. The van der Waals surface area contributed by atoms with E-state index in [2.05, 4.69) is 24.5 Å². The maximum atomic E-state index is 12.1. The summed E-state index contributed by atoms with van der Waals surface area (Å²) in [5, 5.41) is 6.27. The van der Waals surface area contributed by atoms with Crippen molar-refractivity contribution in [2.75, 3.05) is 19.0 Å². The zero-order valence-electron chi connectivity index (χ0n) is 13.9. The van der Waals surface area contributed by atoms with E-state index in [1.807, 2.05) is 48.5 Å². The van der Waals surface area contributed by atoms with Crippen LogP contribution in [-0.4, -0.2) is 19.6 Å². The number of nitrogens with one attached hydrogen (secondary N) is 2. The maximum absolute atomic E-state index is 12.1. The molecule has 1 amide bonds. The van der Waals surface area contributed by atoms with Crippen LogP contribution in [0.5, 0.6) is 5.75 Å². The second-order valence-corrected chi connectivity index (χ2v) is 5.89. The van der Waals surface area contributed by atoms with Gasteiger partial charge in [0.2, 0.25) is 0 Å². The number of hydrogen-bond donors (Lipinski definition) is 2.